The third kappa shape index (κ3) is 6.62. The molecule has 1 aromatic heterocycles. The number of aromatic nitrogens is 2. The fourth-order valence-corrected chi connectivity index (χ4v) is 6.35. The van der Waals surface area contributed by atoms with Gasteiger partial charge in [0.05, 0.1) is 11.4 Å². The number of hydrogen-bond donors (Lipinski definition) is 3. The third-order valence-corrected chi connectivity index (χ3v) is 9.57. The van der Waals surface area contributed by atoms with Crippen LogP contribution in [0.15, 0.2) is 40.9 Å². The van der Waals surface area contributed by atoms with Gasteiger partial charge >= 0.3 is 0 Å². The van der Waals surface area contributed by atoms with E-state index in [9.17, 15) is 18.0 Å². The number of likely N-dealkylation sites (N-methyl/N-ethyl adjacent to an activating group) is 1. The normalized spacial score (nSPS) is 17.9. The number of methoxy groups -OCH3 is 2. The first-order valence-electron chi connectivity index (χ1n) is 12.9. The number of halogens is 1. The van der Waals surface area contributed by atoms with E-state index in [0.717, 1.165) is 16.4 Å². The van der Waals surface area contributed by atoms with Crippen LogP contribution in [0, 0.1) is 0 Å². The number of anilines is 2. The summed E-state index contributed by atoms with van der Waals surface area (Å²) in [7, 11) is 0.411. The van der Waals surface area contributed by atoms with Crippen molar-refractivity contribution in [3.8, 4) is 0 Å². The van der Waals surface area contributed by atoms with E-state index in [1.54, 1.807) is 17.0 Å². The molecule has 0 aliphatic carbocycles. The Morgan fingerprint density at radius 3 is 2.51 bits per heavy atom. The molecule has 2 aliphatic heterocycles. The lowest BCUT2D eigenvalue weighted by Crippen LogP contribution is -2.51. The summed E-state index contributed by atoms with van der Waals surface area (Å²) in [4.78, 5) is 35.6. The maximum atomic E-state index is 13.3. The molecule has 1 spiro atoms. The Bertz CT molecular complexity index is 1460. The molecule has 1 amide bonds. The van der Waals surface area contributed by atoms with Gasteiger partial charge in [0.25, 0.3) is 5.91 Å². The second-order valence-electron chi connectivity index (χ2n) is 10.1. The molecule has 0 unspecified atom stereocenters. The van der Waals surface area contributed by atoms with E-state index in [1.165, 1.54) is 39.5 Å². The average Bonchev–Trinajstić information content (AvgIpc) is 3.34. The number of piperidine rings is 1. The highest BCUT2D eigenvalue weighted by Crippen LogP contribution is 2.35. The zero-order valence-electron chi connectivity index (χ0n) is 23.1. The molecule has 4 rings (SSSR count). The molecule has 15 heteroatoms. The summed E-state index contributed by atoms with van der Waals surface area (Å²) in [6.45, 7) is 0.934. The Hall–Kier alpha value is -3.30. The van der Waals surface area contributed by atoms with Crippen LogP contribution >= 0.6 is 11.6 Å². The van der Waals surface area contributed by atoms with Crippen molar-refractivity contribution in [2.24, 2.45) is 0 Å². The van der Waals surface area contributed by atoms with Crippen molar-refractivity contribution < 1.29 is 27.5 Å². The van der Waals surface area contributed by atoms with Crippen LogP contribution in [0.4, 0.5) is 11.6 Å². The van der Waals surface area contributed by atoms with E-state index in [2.05, 4.69) is 15.3 Å². The second-order valence-corrected chi connectivity index (χ2v) is 12.5. The van der Waals surface area contributed by atoms with E-state index >= 15 is 0 Å². The molecule has 0 atom stereocenters. The number of nitrogen functional groups attached to an aromatic ring is 2. The lowest BCUT2D eigenvalue weighted by atomic mass is 9.86. The first-order chi connectivity index (χ1) is 19.4. The van der Waals surface area contributed by atoms with E-state index in [-0.39, 0.29) is 50.9 Å². The SMILES string of the molecule is COC(CN(C)S(=O)(=O)c1cccc(C(=O)N2CCC3(CC/C(=C\C(=O)c4nc(Cl)c(N)nc4N)N3)CC2)c1)OC. The number of nitrogens with zero attached hydrogens (tertiary/aromatic N) is 4. The number of nitrogens with one attached hydrogen (secondary N) is 1. The zero-order valence-corrected chi connectivity index (χ0v) is 24.7. The molecule has 2 saturated heterocycles. The van der Waals surface area contributed by atoms with Crippen LogP contribution in [0.3, 0.4) is 0 Å². The van der Waals surface area contributed by atoms with Gasteiger partial charge in [-0.25, -0.2) is 18.4 Å². The number of carbonyl (C=O) groups excluding carboxylic acids is 2. The maximum Gasteiger partial charge on any atom is 0.253 e. The highest BCUT2D eigenvalue weighted by molar-refractivity contribution is 7.89. The first-order valence-corrected chi connectivity index (χ1v) is 14.7. The van der Waals surface area contributed by atoms with Gasteiger partial charge in [-0.15, -0.1) is 0 Å². The number of likely N-dealkylation sites (tertiary alicyclic amines) is 1. The summed E-state index contributed by atoms with van der Waals surface area (Å²) in [5.41, 5.74) is 12.1. The second kappa shape index (κ2) is 12.3. The Balaban J connectivity index is 1.39. The minimum atomic E-state index is -3.87. The van der Waals surface area contributed by atoms with Crippen LogP contribution in [0.5, 0.6) is 0 Å². The minimum absolute atomic E-state index is 0.00867. The van der Waals surface area contributed by atoms with E-state index in [0.29, 0.717) is 32.4 Å². The van der Waals surface area contributed by atoms with Crippen molar-refractivity contribution >= 4 is 45.0 Å². The number of allylic oxidation sites excluding steroid dienone is 2. The molecule has 0 bridgehead atoms. The van der Waals surface area contributed by atoms with Crippen molar-refractivity contribution in [3.05, 3.63) is 52.4 Å². The predicted octanol–water partition coefficient (Wildman–Crippen LogP) is 1.66. The number of ether oxygens (including phenoxy) is 2. The highest BCUT2D eigenvalue weighted by atomic mass is 35.5. The fraction of sp³-hybridized carbons (Fsp3) is 0.462. The van der Waals surface area contributed by atoms with Gasteiger partial charge in [0, 0.05) is 57.2 Å². The van der Waals surface area contributed by atoms with E-state index in [4.69, 9.17) is 32.5 Å². The summed E-state index contributed by atoms with van der Waals surface area (Å²) in [6.07, 6.45) is 3.49. The summed E-state index contributed by atoms with van der Waals surface area (Å²) in [5.74, 6) is -0.810. The van der Waals surface area contributed by atoms with E-state index in [1.807, 2.05) is 0 Å². The van der Waals surface area contributed by atoms with Crippen LogP contribution in [0.2, 0.25) is 5.15 Å². The van der Waals surface area contributed by atoms with Crippen molar-refractivity contribution in [1.29, 1.82) is 0 Å². The molecule has 2 fully saturated rings. The van der Waals surface area contributed by atoms with Gasteiger partial charge in [0.1, 0.15) is 0 Å². The number of rotatable bonds is 9. The number of ketones is 1. The molecule has 13 nitrogen and oxygen atoms in total. The van der Waals surface area contributed by atoms with Gasteiger partial charge in [0.2, 0.25) is 15.8 Å². The van der Waals surface area contributed by atoms with Crippen molar-refractivity contribution in [3.63, 3.8) is 0 Å². The fourth-order valence-electron chi connectivity index (χ4n) is 5.02. The number of benzene rings is 1. The molecule has 0 saturated carbocycles. The van der Waals surface area contributed by atoms with Gasteiger partial charge in [-0.3, -0.25) is 9.59 Å². The Morgan fingerprint density at radius 2 is 1.85 bits per heavy atom. The zero-order chi connectivity index (χ0) is 29.9. The maximum absolute atomic E-state index is 13.3. The van der Waals surface area contributed by atoms with Gasteiger partial charge in [0.15, 0.2) is 28.8 Å². The van der Waals surface area contributed by atoms with E-state index < -0.39 is 22.1 Å². The monoisotopic (exact) mass is 607 g/mol. The molecule has 1 aromatic carbocycles. The molecule has 2 aromatic rings. The van der Waals surface area contributed by atoms with Gasteiger partial charge in [-0.1, -0.05) is 17.7 Å². The summed E-state index contributed by atoms with van der Waals surface area (Å²) in [6, 6.07) is 6.02. The number of hydrogen-bond acceptors (Lipinski definition) is 11. The number of carbonyl (C=O) groups is 2. The number of nitrogens with two attached hydrogens (primary N) is 2. The third-order valence-electron chi connectivity index (χ3n) is 7.47. The number of amides is 1. The highest BCUT2D eigenvalue weighted by Gasteiger charge is 2.40. The topological polar surface area (TPSA) is 183 Å². The molecule has 3 heterocycles. The Labute approximate surface area is 243 Å². The lowest BCUT2D eigenvalue weighted by Gasteiger charge is -2.39. The Morgan fingerprint density at radius 1 is 1.17 bits per heavy atom. The van der Waals surface area contributed by atoms with Crippen molar-refractivity contribution in [2.75, 3.05) is 52.4 Å². The predicted molar refractivity (Wildman–Crippen MR) is 153 cm³/mol. The van der Waals surface area contributed by atoms with Crippen LogP contribution in [0.1, 0.15) is 46.5 Å². The standard InChI is InChI=1S/C26H34ClN7O6S/c1-33(15-20(39-2)40-3)41(37,38)18-6-4-5-16(13-18)25(36)34-11-9-26(10-12-34)8-7-17(32-26)14-19(35)21-23(28)31-24(29)22(27)30-21/h4-6,13-14,20,32H,7-12,15H2,1-3H3,(H4,28,29,31)/b17-14+. The molecule has 222 valence electrons. The minimum Gasteiger partial charge on any atom is -0.383 e. The van der Waals surface area contributed by atoms with Crippen LogP contribution in [0.25, 0.3) is 0 Å². The van der Waals surface area contributed by atoms with Gasteiger partial charge in [-0.05, 0) is 43.9 Å². The molecule has 41 heavy (non-hydrogen) atoms. The molecule has 0 radical (unpaired) electrons. The largest absolute Gasteiger partial charge is 0.383 e. The van der Waals surface area contributed by atoms with Crippen LogP contribution < -0.4 is 16.8 Å². The van der Waals surface area contributed by atoms with Gasteiger partial charge in [-0.2, -0.15) is 4.31 Å². The first kappa shape index (κ1) is 30.7. The summed E-state index contributed by atoms with van der Waals surface area (Å²) >= 11 is 5.90. The van der Waals surface area contributed by atoms with Gasteiger partial charge < -0.3 is 31.2 Å². The van der Waals surface area contributed by atoms with Crippen molar-refractivity contribution in [1.82, 2.24) is 24.5 Å². The Kier molecular flexibility index (Phi) is 9.19. The van der Waals surface area contributed by atoms with Crippen molar-refractivity contribution in [2.45, 2.75) is 42.4 Å². The smallest absolute Gasteiger partial charge is 0.253 e. The lowest BCUT2D eigenvalue weighted by molar-refractivity contribution is -0.106. The van der Waals surface area contributed by atoms with Crippen LogP contribution in [-0.2, 0) is 19.5 Å². The number of sulfonamides is 1. The van der Waals surface area contributed by atoms with Crippen LogP contribution in [-0.4, -0.2) is 92.0 Å². The molecular formula is C26H34ClN7O6S. The molecule has 2 aliphatic rings. The quantitative estimate of drug-likeness (QED) is 0.214. The molecular weight excluding hydrogens is 574 g/mol. The summed E-state index contributed by atoms with van der Waals surface area (Å²) in [5, 5.41) is 3.38. The summed E-state index contributed by atoms with van der Waals surface area (Å²) < 4.78 is 37.5. The molecule has 5 N–H and O–H groups in total. The average molecular weight is 608 g/mol.